The van der Waals surface area contributed by atoms with E-state index in [9.17, 15) is 9.59 Å². The van der Waals surface area contributed by atoms with E-state index < -0.39 is 0 Å². The van der Waals surface area contributed by atoms with Crippen LogP contribution < -0.4 is 15.6 Å². The van der Waals surface area contributed by atoms with Crippen LogP contribution in [-0.4, -0.2) is 20.9 Å². The number of rotatable bonds is 8. The maximum Gasteiger partial charge on any atom is 0.277 e. The minimum atomic E-state index is -0.197. The Hall–Kier alpha value is -4.00. The second-order valence-electron chi connectivity index (χ2n) is 7.09. The minimum Gasteiger partial charge on any atom is -0.489 e. The first kappa shape index (κ1) is 20.3. The second-order valence-corrected chi connectivity index (χ2v) is 7.09. The van der Waals surface area contributed by atoms with E-state index in [-0.39, 0.29) is 17.9 Å². The number of benzene rings is 3. The summed E-state index contributed by atoms with van der Waals surface area (Å²) in [5.41, 5.74) is 2.16. The van der Waals surface area contributed by atoms with Crippen LogP contribution in [0.4, 0.5) is 5.69 Å². The van der Waals surface area contributed by atoms with Gasteiger partial charge in [-0.3, -0.25) is 9.59 Å². The highest BCUT2D eigenvalue weighted by Crippen LogP contribution is 2.17. The van der Waals surface area contributed by atoms with E-state index in [1.54, 1.807) is 30.3 Å². The fraction of sp³-hybridized carbons (Fsp3) is 0.167. The molecule has 1 amide bonds. The van der Waals surface area contributed by atoms with Gasteiger partial charge in [-0.2, -0.15) is 0 Å². The molecule has 0 atom stereocenters. The molecule has 7 nitrogen and oxygen atoms in total. The van der Waals surface area contributed by atoms with Gasteiger partial charge in [0.05, 0.1) is 5.39 Å². The lowest BCUT2D eigenvalue weighted by Crippen LogP contribution is -2.25. The molecule has 0 aliphatic rings. The average molecular weight is 414 g/mol. The third kappa shape index (κ3) is 5.33. The maximum atomic E-state index is 12.4. The highest BCUT2D eigenvalue weighted by molar-refractivity contribution is 5.90. The van der Waals surface area contributed by atoms with Gasteiger partial charge in [0.15, 0.2) is 0 Å². The lowest BCUT2D eigenvalue weighted by Gasteiger charge is -2.09. The number of carbonyl (C=O) groups is 1. The molecule has 31 heavy (non-hydrogen) atoms. The second kappa shape index (κ2) is 9.67. The van der Waals surface area contributed by atoms with E-state index in [1.165, 1.54) is 4.68 Å². The Morgan fingerprint density at radius 3 is 2.48 bits per heavy atom. The summed E-state index contributed by atoms with van der Waals surface area (Å²) in [4.78, 5) is 24.6. The van der Waals surface area contributed by atoms with Crippen molar-refractivity contribution in [2.75, 3.05) is 5.32 Å². The smallest absolute Gasteiger partial charge is 0.277 e. The lowest BCUT2D eigenvalue weighted by molar-refractivity contribution is -0.116. The molecule has 0 fully saturated rings. The summed E-state index contributed by atoms with van der Waals surface area (Å²) < 4.78 is 7.05. The minimum absolute atomic E-state index is 0.125. The molecular weight excluding hydrogens is 392 g/mol. The standard InChI is InChI=1S/C24H22N4O3/c29-23(11-6-16-28-24(30)21-9-4-5-10-22(21)26-27-28)25-19-12-14-20(15-13-19)31-17-18-7-2-1-3-8-18/h1-5,7-10,12-15H,6,11,16-17H2,(H,25,29). The predicted octanol–water partition coefficient (Wildman–Crippen LogP) is 3.79. The van der Waals surface area contributed by atoms with Crippen molar-refractivity contribution in [2.24, 2.45) is 0 Å². The number of amides is 1. The molecule has 3 aromatic carbocycles. The maximum absolute atomic E-state index is 12.4. The van der Waals surface area contributed by atoms with Crippen LogP contribution in [0.2, 0.25) is 0 Å². The van der Waals surface area contributed by atoms with Gasteiger partial charge in [0.2, 0.25) is 5.91 Å². The Balaban J connectivity index is 1.25. The number of ether oxygens (including phenoxy) is 1. The molecule has 0 saturated carbocycles. The molecule has 0 aliphatic carbocycles. The van der Waals surface area contributed by atoms with E-state index >= 15 is 0 Å². The van der Waals surface area contributed by atoms with Crippen LogP contribution in [0.5, 0.6) is 5.75 Å². The summed E-state index contributed by atoms with van der Waals surface area (Å²) in [7, 11) is 0. The molecule has 1 heterocycles. The number of hydrogen-bond donors (Lipinski definition) is 1. The van der Waals surface area contributed by atoms with Gasteiger partial charge in [0.25, 0.3) is 5.56 Å². The van der Waals surface area contributed by atoms with Crippen molar-refractivity contribution < 1.29 is 9.53 Å². The van der Waals surface area contributed by atoms with Crippen molar-refractivity contribution in [3.05, 3.63) is 94.8 Å². The van der Waals surface area contributed by atoms with Crippen LogP contribution in [0.3, 0.4) is 0 Å². The quantitative estimate of drug-likeness (QED) is 0.474. The zero-order valence-electron chi connectivity index (χ0n) is 16.9. The number of nitrogens with zero attached hydrogens (tertiary/aromatic N) is 3. The summed E-state index contributed by atoms with van der Waals surface area (Å²) in [5, 5.41) is 11.4. The molecule has 0 bridgehead atoms. The van der Waals surface area contributed by atoms with E-state index in [4.69, 9.17) is 4.74 Å². The Morgan fingerprint density at radius 1 is 0.935 bits per heavy atom. The van der Waals surface area contributed by atoms with Gasteiger partial charge in [-0.05, 0) is 48.4 Å². The van der Waals surface area contributed by atoms with E-state index in [0.717, 1.165) is 11.3 Å². The van der Waals surface area contributed by atoms with E-state index in [0.29, 0.717) is 36.2 Å². The zero-order chi connectivity index (χ0) is 21.5. The summed E-state index contributed by atoms with van der Waals surface area (Å²) >= 11 is 0. The van der Waals surface area contributed by atoms with Crippen molar-refractivity contribution in [3.8, 4) is 5.75 Å². The van der Waals surface area contributed by atoms with Gasteiger partial charge < -0.3 is 10.1 Å². The molecule has 4 aromatic rings. The summed E-state index contributed by atoms with van der Waals surface area (Å²) in [5.74, 6) is 0.607. The molecule has 0 aliphatic heterocycles. The number of aromatic nitrogens is 3. The summed E-state index contributed by atoms with van der Waals surface area (Å²) in [6.07, 6.45) is 0.754. The first-order valence-electron chi connectivity index (χ1n) is 10.1. The van der Waals surface area contributed by atoms with Gasteiger partial charge in [-0.1, -0.05) is 47.7 Å². The molecule has 0 radical (unpaired) electrons. The van der Waals surface area contributed by atoms with Crippen LogP contribution in [0.15, 0.2) is 83.7 Å². The molecule has 0 spiro atoms. The largest absolute Gasteiger partial charge is 0.489 e. The predicted molar refractivity (Wildman–Crippen MR) is 119 cm³/mol. The molecule has 156 valence electrons. The molecule has 0 unspecified atom stereocenters. The number of aryl methyl sites for hydroxylation is 1. The fourth-order valence-electron chi connectivity index (χ4n) is 3.16. The van der Waals surface area contributed by atoms with Gasteiger partial charge in [-0.25, -0.2) is 4.68 Å². The van der Waals surface area contributed by atoms with Gasteiger partial charge >= 0.3 is 0 Å². The first-order valence-corrected chi connectivity index (χ1v) is 10.1. The Morgan fingerprint density at radius 2 is 1.68 bits per heavy atom. The van der Waals surface area contributed by atoms with Gasteiger partial charge in [-0.15, -0.1) is 5.10 Å². The number of anilines is 1. The molecular formula is C24H22N4O3. The SMILES string of the molecule is O=C(CCCn1nnc2ccccc2c1=O)Nc1ccc(OCc2ccccc2)cc1. The third-order valence-electron chi connectivity index (χ3n) is 4.79. The first-order chi connectivity index (χ1) is 15.2. The summed E-state index contributed by atoms with van der Waals surface area (Å²) in [6, 6.07) is 24.3. The highest BCUT2D eigenvalue weighted by atomic mass is 16.5. The van der Waals surface area contributed by atoms with Crippen molar-refractivity contribution in [2.45, 2.75) is 26.0 Å². The number of fused-ring (bicyclic) bond motifs is 1. The van der Waals surface area contributed by atoms with Gasteiger partial charge in [0.1, 0.15) is 17.9 Å². The molecule has 0 saturated heterocycles. The molecule has 1 aromatic heterocycles. The van der Waals surface area contributed by atoms with E-state index in [2.05, 4.69) is 15.6 Å². The van der Waals surface area contributed by atoms with Crippen molar-refractivity contribution in [3.63, 3.8) is 0 Å². The third-order valence-corrected chi connectivity index (χ3v) is 4.79. The fourth-order valence-corrected chi connectivity index (χ4v) is 3.16. The van der Waals surface area contributed by atoms with Crippen LogP contribution in [0, 0.1) is 0 Å². The van der Waals surface area contributed by atoms with Crippen LogP contribution in [0.1, 0.15) is 18.4 Å². The molecule has 7 heteroatoms. The zero-order valence-corrected chi connectivity index (χ0v) is 16.9. The Bertz CT molecular complexity index is 1220. The van der Waals surface area contributed by atoms with Crippen molar-refractivity contribution in [1.82, 2.24) is 15.0 Å². The number of nitrogens with one attached hydrogen (secondary N) is 1. The lowest BCUT2D eigenvalue weighted by atomic mass is 10.2. The van der Waals surface area contributed by atoms with Crippen LogP contribution >= 0.6 is 0 Å². The molecule has 1 N–H and O–H groups in total. The molecule has 4 rings (SSSR count). The summed E-state index contributed by atoms with van der Waals surface area (Å²) in [6.45, 7) is 0.819. The van der Waals surface area contributed by atoms with Crippen molar-refractivity contribution >= 4 is 22.5 Å². The Kier molecular flexibility index (Phi) is 6.32. The highest BCUT2D eigenvalue weighted by Gasteiger charge is 2.07. The van der Waals surface area contributed by atoms with Crippen molar-refractivity contribution in [1.29, 1.82) is 0 Å². The van der Waals surface area contributed by atoms with E-state index in [1.807, 2.05) is 48.5 Å². The van der Waals surface area contributed by atoms with Crippen LogP contribution in [-0.2, 0) is 17.9 Å². The number of hydrogen-bond acceptors (Lipinski definition) is 5. The average Bonchev–Trinajstić information content (AvgIpc) is 2.81. The normalized spacial score (nSPS) is 10.7. The number of carbonyl (C=O) groups excluding carboxylic acids is 1. The van der Waals surface area contributed by atoms with Crippen LogP contribution in [0.25, 0.3) is 10.9 Å². The Labute approximate surface area is 179 Å². The topological polar surface area (TPSA) is 86.1 Å². The monoisotopic (exact) mass is 414 g/mol. The van der Waals surface area contributed by atoms with Gasteiger partial charge in [0, 0.05) is 18.7 Å².